The maximum absolute atomic E-state index is 3.45. The minimum Gasteiger partial charge on any atom is -0.370 e. The first-order valence-electron chi connectivity index (χ1n) is 4.96. The number of hydrogen-bond donors (Lipinski definition) is 1. The summed E-state index contributed by atoms with van der Waals surface area (Å²) >= 11 is 3.45. The SMILES string of the molecule is CN(c1ccc(Br)cc1)C1CCNC1. The Morgan fingerprint density at radius 3 is 2.64 bits per heavy atom. The van der Waals surface area contributed by atoms with Crippen LogP contribution in [0.25, 0.3) is 0 Å². The summed E-state index contributed by atoms with van der Waals surface area (Å²) in [5, 5.41) is 3.38. The van der Waals surface area contributed by atoms with Crippen molar-refractivity contribution in [3.8, 4) is 0 Å². The molecular formula is C11H15BrN2. The van der Waals surface area contributed by atoms with Crippen molar-refractivity contribution in [1.29, 1.82) is 0 Å². The molecule has 1 N–H and O–H groups in total. The van der Waals surface area contributed by atoms with Gasteiger partial charge in [-0.25, -0.2) is 0 Å². The van der Waals surface area contributed by atoms with Crippen molar-refractivity contribution in [3.05, 3.63) is 28.7 Å². The second-order valence-corrected chi connectivity index (χ2v) is 4.65. The summed E-state index contributed by atoms with van der Waals surface area (Å²) in [5.41, 5.74) is 1.29. The molecule has 0 bridgehead atoms. The fourth-order valence-electron chi connectivity index (χ4n) is 1.86. The predicted octanol–water partition coefficient (Wildman–Crippen LogP) is 2.25. The molecule has 1 aromatic rings. The van der Waals surface area contributed by atoms with E-state index in [2.05, 4.69) is 57.5 Å². The first kappa shape index (κ1) is 9.99. The lowest BCUT2D eigenvalue weighted by Crippen LogP contribution is -2.33. The Balaban J connectivity index is 2.09. The molecular weight excluding hydrogens is 240 g/mol. The standard InChI is InChI=1S/C11H15BrN2/c1-14(11-6-7-13-8-11)10-4-2-9(12)3-5-10/h2-5,11,13H,6-8H2,1H3. The number of likely N-dealkylation sites (N-methyl/N-ethyl adjacent to an activating group) is 1. The van der Waals surface area contributed by atoms with Gasteiger partial charge in [0.1, 0.15) is 0 Å². The molecule has 2 rings (SSSR count). The maximum Gasteiger partial charge on any atom is 0.0423 e. The van der Waals surface area contributed by atoms with E-state index in [4.69, 9.17) is 0 Å². The van der Waals surface area contributed by atoms with Crippen molar-refractivity contribution in [2.24, 2.45) is 0 Å². The number of anilines is 1. The first-order chi connectivity index (χ1) is 6.77. The van der Waals surface area contributed by atoms with Crippen LogP contribution in [0.3, 0.4) is 0 Å². The highest BCUT2D eigenvalue weighted by Gasteiger charge is 2.18. The first-order valence-corrected chi connectivity index (χ1v) is 5.76. The number of benzene rings is 1. The van der Waals surface area contributed by atoms with Crippen molar-refractivity contribution >= 4 is 21.6 Å². The monoisotopic (exact) mass is 254 g/mol. The van der Waals surface area contributed by atoms with Gasteiger partial charge in [-0.3, -0.25) is 0 Å². The normalized spacial score (nSPS) is 21.1. The average Bonchev–Trinajstić information content (AvgIpc) is 2.71. The van der Waals surface area contributed by atoms with Gasteiger partial charge in [-0.2, -0.15) is 0 Å². The number of nitrogens with one attached hydrogen (secondary N) is 1. The minimum absolute atomic E-state index is 0.649. The molecule has 1 aromatic carbocycles. The third-order valence-electron chi connectivity index (χ3n) is 2.82. The van der Waals surface area contributed by atoms with E-state index in [1.807, 2.05) is 0 Å². The fourth-order valence-corrected chi connectivity index (χ4v) is 2.12. The molecule has 1 unspecified atom stereocenters. The van der Waals surface area contributed by atoms with Crippen LogP contribution in [0.2, 0.25) is 0 Å². The molecule has 1 saturated heterocycles. The summed E-state index contributed by atoms with van der Waals surface area (Å²) in [4.78, 5) is 2.35. The zero-order valence-electron chi connectivity index (χ0n) is 8.33. The van der Waals surface area contributed by atoms with Gasteiger partial charge >= 0.3 is 0 Å². The summed E-state index contributed by atoms with van der Waals surface area (Å²) in [6.07, 6.45) is 1.24. The fraction of sp³-hybridized carbons (Fsp3) is 0.455. The van der Waals surface area contributed by atoms with E-state index >= 15 is 0 Å². The van der Waals surface area contributed by atoms with Gasteiger partial charge < -0.3 is 10.2 Å². The van der Waals surface area contributed by atoms with Gasteiger partial charge in [0.25, 0.3) is 0 Å². The third-order valence-corrected chi connectivity index (χ3v) is 3.34. The van der Waals surface area contributed by atoms with Crippen molar-refractivity contribution in [3.63, 3.8) is 0 Å². The molecule has 0 aliphatic carbocycles. The Hall–Kier alpha value is -0.540. The van der Waals surface area contributed by atoms with E-state index in [1.54, 1.807) is 0 Å². The summed E-state index contributed by atoms with van der Waals surface area (Å²) < 4.78 is 1.14. The molecule has 1 atom stereocenters. The van der Waals surface area contributed by atoms with Crippen LogP contribution in [0.15, 0.2) is 28.7 Å². The van der Waals surface area contributed by atoms with Crippen LogP contribution in [0, 0.1) is 0 Å². The molecule has 0 radical (unpaired) electrons. The zero-order chi connectivity index (χ0) is 9.97. The topological polar surface area (TPSA) is 15.3 Å². The van der Waals surface area contributed by atoms with Crippen LogP contribution in [-0.4, -0.2) is 26.2 Å². The number of halogens is 1. The largest absolute Gasteiger partial charge is 0.370 e. The molecule has 0 aromatic heterocycles. The number of nitrogens with zero attached hydrogens (tertiary/aromatic N) is 1. The zero-order valence-corrected chi connectivity index (χ0v) is 9.92. The Labute approximate surface area is 93.4 Å². The lowest BCUT2D eigenvalue weighted by Gasteiger charge is -2.25. The second kappa shape index (κ2) is 4.32. The van der Waals surface area contributed by atoms with E-state index < -0.39 is 0 Å². The molecule has 0 spiro atoms. The van der Waals surface area contributed by atoms with Crippen molar-refractivity contribution in [1.82, 2.24) is 5.32 Å². The summed E-state index contributed by atoms with van der Waals surface area (Å²) in [7, 11) is 2.17. The smallest absolute Gasteiger partial charge is 0.0423 e. The van der Waals surface area contributed by atoms with Crippen LogP contribution < -0.4 is 10.2 Å². The van der Waals surface area contributed by atoms with Gasteiger partial charge in [0.15, 0.2) is 0 Å². The van der Waals surface area contributed by atoms with Crippen molar-refractivity contribution < 1.29 is 0 Å². The van der Waals surface area contributed by atoms with Crippen LogP contribution >= 0.6 is 15.9 Å². The number of hydrogen-bond acceptors (Lipinski definition) is 2. The van der Waals surface area contributed by atoms with Gasteiger partial charge in [-0.15, -0.1) is 0 Å². The molecule has 0 amide bonds. The van der Waals surface area contributed by atoms with Gasteiger partial charge in [0.2, 0.25) is 0 Å². The van der Waals surface area contributed by atoms with Gasteiger partial charge in [-0.05, 0) is 37.2 Å². The van der Waals surface area contributed by atoms with Crippen molar-refractivity contribution in [2.75, 3.05) is 25.0 Å². The summed E-state index contributed by atoms with van der Waals surface area (Å²) in [5.74, 6) is 0. The highest BCUT2D eigenvalue weighted by Crippen LogP contribution is 2.20. The third kappa shape index (κ3) is 2.10. The lowest BCUT2D eigenvalue weighted by atomic mass is 10.2. The molecule has 0 saturated carbocycles. The van der Waals surface area contributed by atoms with Crippen LogP contribution in [0.4, 0.5) is 5.69 Å². The van der Waals surface area contributed by atoms with E-state index in [0.29, 0.717) is 6.04 Å². The summed E-state index contributed by atoms with van der Waals surface area (Å²) in [6.45, 7) is 2.25. The lowest BCUT2D eigenvalue weighted by molar-refractivity contribution is 0.685. The highest BCUT2D eigenvalue weighted by atomic mass is 79.9. The Bertz CT molecular complexity index is 291. The molecule has 76 valence electrons. The average molecular weight is 255 g/mol. The summed E-state index contributed by atoms with van der Waals surface area (Å²) in [6, 6.07) is 9.14. The predicted molar refractivity (Wildman–Crippen MR) is 63.8 cm³/mol. The van der Waals surface area contributed by atoms with E-state index in [9.17, 15) is 0 Å². The van der Waals surface area contributed by atoms with Gasteiger partial charge in [0, 0.05) is 29.8 Å². The van der Waals surface area contributed by atoms with Crippen LogP contribution in [0.1, 0.15) is 6.42 Å². The van der Waals surface area contributed by atoms with Crippen molar-refractivity contribution in [2.45, 2.75) is 12.5 Å². The Kier molecular flexibility index (Phi) is 3.08. The van der Waals surface area contributed by atoms with E-state index in [0.717, 1.165) is 17.6 Å². The molecule has 1 heterocycles. The maximum atomic E-state index is 3.45. The molecule has 1 aliphatic rings. The highest BCUT2D eigenvalue weighted by molar-refractivity contribution is 9.10. The minimum atomic E-state index is 0.649. The molecule has 3 heteroatoms. The molecule has 1 aliphatic heterocycles. The molecule has 2 nitrogen and oxygen atoms in total. The van der Waals surface area contributed by atoms with Gasteiger partial charge in [-0.1, -0.05) is 15.9 Å². The van der Waals surface area contributed by atoms with E-state index in [1.165, 1.54) is 12.1 Å². The van der Waals surface area contributed by atoms with E-state index in [-0.39, 0.29) is 0 Å². The second-order valence-electron chi connectivity index (χ2n) is 3.73. The number of rotatable bonds is 2. The molecule has 1 fully saturated rings. The van der Waals surface area contributed by atoms with Crippen LogP contribution in [0.5, 0.6) is 0 Å². The van der Waals surface area contributed by atoms with Crippen LogP contribution in [-0.2, 0) is 0 Å². The molecule has 14 heavy (non-hydrogen) atoms. The van der Waals surface area contributed by atoms with Gasteiger partial charge in [0.05, 0.1) is 0 Å². The Morgan fingerprint density at radius 2 is 2.07 bits per heavy atom. The quantitative estimate of drug-likeness (QED) is 0.871. The Morgan fingerprint density at radius 1 is 1.36 bits per heavy atom.